The van der Waals surface area contributed by atoms with E-state index in [1.807, 2.05) is 18.2 Å². The summed E-state index contributed by atoms with van der Waals surface area (Å²) in [5.74, 6) is 0.659. The number of thiocarbonyl (C=S) groups is 1. The monoisotopic (exact) mass is 357 g/mol. The van der Waals surface area contributed by atoms with Gasteiger partial charge in [0.25, 0.3) is 0 Å². The first-order chi connectivity index (χ1) is 9.29. The smallest absolute Gasteiger partial charge is 0.105 e. The minimum atomic E-state index is 0.412. The molecule has 5 heteroatoms. The maximum atomic E-state index is 5.67. The Morgan fingerprint density at radius 2 is 2.05 bits per heavy atom. The summed E-state index contributed by atoms with van der Waals surface area (Å²) in [7, 11) is 4.20. The van der Waals surface area contributed by atoms with Crippen molar-refractivity contribution >= 4 is 38.8 Å². The van der Waals surface area contributed by atoms with Gasteiger partial charge >= 0.3 is 0 Å². The Hall–Kier alpha value is -0.650. The molecule has 0 aliphatic rings. The first-order valence-corrected chi connectivity index (χ1v) is 8.00. The van der Waals surface area contributed by atoms with Gasteiger partial charge in [-0.1, -0.05) is 26.1 Å². The highest BCUT2D eigenvalue weighted by molar-refractivity contribution is 9.10. The highest BCUT2D eigenvalue weighted by Gasteiger charge is 2.13. The van der Waals surface area contributed by atoms with Crippen LogP contribution >= 0.6 is 28.1 Å². The van der Waals surface area contributed by atoms with Gasteiger partial charge < -0.3 is 16.0 Å². The highest BCUT2D eigenvalue weighted by Crippen LogP contribution is 2.23. The van der Waals surface area contributed by atoms with Crippen LogP contribution in [0.15, 0.2) is 22.7 Å². The van der Waals surface area contributed by atoms with Crippen LogP contribution in [0, 0.1) is 5.92 Å². The lowest BCUT2D eigenvalue weighted by molar-refractivity contribution is 0.356. The van der Waals surface area contributed by atoms with Crippen LogP contribution in [0.2, 0.25) is 0 Å². The normalized spacial score (nSPS) is 12.8. The minimum Gasteiger partial charge on any atom is -0.389 e. The third kappa shape index (κ3) is 5.77. The Balaban J connectivity index is 2.82. The molecular formula is C15H24BrN3S. The van der Waals surface area contributed by atoms with E-state index < -0.39 is 0 Å². The summed E-state index contributed by atoms with van der Waals surface area (Å²) in [6.07, 6.45) is 1.13. The lowest BCUT2D eigenvalue weighted by Gasteiger charge is -2.25. The zero-order valence-electron chi connectivity index (χ0n) is 12.6. The van der Waals surface area contributed by atoms with Crippen LogP contribution in [0.5, 0.6) is 0 Å². The van der Waals surface area contributed by atoms with E-state index in [0.717, 1.165) is 28.7 Å². The van der Waals surface area contributed by atoms with Gasteiger partial charge in [0.15, 0.2) is 0 Å². The molecule has 0 aromatic heterocycles. The SMILES string of the molecule is CC(C)CC(CN(C)C)Nc1ccc(C(N)=S)c(Br)c1. The molecule has 0 heterocycles. The molecule has 1 atom stereocenters. The largest absolute Gasteiger partial charge is 0.389 e. The summed E-state index contributed by atoms with van der Waals surface area (Å²) in [5, 5.41) is 3.59. The van der Waals surface area contributed by atoms with Crippen LogP contribution in [-0.2, 0) is 0 Å². The molecule has 0 fully saturated rings. The van der Waals surface area contributed by atoms with Gasteiger partial charge in [-0.2, -0.15) is 0 Å². The Labute approximate surface area is 136 Å². The van der Waals surface area contributed by atoms with E-state index in [2.05, 4.69) is 54.1 Å². The topological polar surface area (TPSA) is 41.3 Å². The maximum Gasteiger partial charge on any atom is 0.105 e. The molecule has 0 aliphatic heterocycles. The quantitative estimate of drug-likeness (QED) is 0.733. The van der Waals surface area contributed by atoms with E-state index in [9.17, 15) is 0 Å². The van der Waals surface area contributed by atoms with E-state index in [4.69, 9.17) is 18.0 Å². The van der Waals surface area contributed by atoms with Gasteiger partial charge in [-0.05, 0) is 60.6 Å². The average Bonchev–Trinajstić information content (AvgIpc) is 2.26. The number of nitrogens with one attached hydrogen (secondary N) is 1. The first-order valence-electron chi connectivity index (χ1n) is 6.80. The minimum absolute atomic E-state index is 0.412. The number of benzene rings is 1. The highest BCUT2D eigenvalue weighted by atomic mass is 79.9. The van der Waals surface area contributed by atoms with Crippen molar-refractivity contribution in [2.45, 2.75) is 26.3 Å². The summed E-state index contributed by atoms with van der Waals surface area (Å²) in [4.78, 5) is 2.62. The van der Waals surface area contributed by atoms with Crippen LogP contribution in [0.4, 0.5) is 5.69 Å². The first kappa shape index (κ1) is 17.4. The van der Waals surface area contributed by atoms with E-state index in [1.54, 1.807) is 0 Å². The molecular weight excluding hydrogens is 334 g/mol. The molecule has 1 unspecified atom stereocenters. The molecule has 1 aromatic rings. The van der Waals surface area contributed by atoms with Gasteiger partial charge in [0.1, 0.15) is 4.99 Å². The number of hydrogen-bond donors (Lipinski definition) is 2. The number of halogens is 1. The summed E-state index contributed by atoms with van der Waals surface area (Å²) in [5.41, 5.74) is 7.63. The van der Waals surface area contributed by atoms with Crippen molar-refractivity contribution in [1.29, 1.82) is 0 Å². The van der Waals surface area contributed by atoms with Crippen LogP contribution in [-0.4, -0.2) is 36.6 Å². The molecule has 0 amide bonds. The average molecular weight is 358 g/mol. The van der Waals surface area contributed by atoms with Crippen LogP contribution in [0.1, 0.15) is 25.8 Å². The molecule has 3 nitrogen and oxygen atoms in total. The van der Waals surface area contributed by atoms with Crippen molar-refractivity contribution in [2.75, 3.05) is 26.0 Å². The van der Waals surface area contributed by atoms with Crippen LogP contribution in [0.25, 0.3) is 0 Å². The van der Waals surface area contributed by atoms with Gasteiger partial charge in [0, 0.05) is 28.3 Å². The van der Waals surface area contributed by atoms with Gasteiger partial charge in [0.2, 0.25) is 0 Å². The number of nitrogens with zero attached hydrogens (tertiary/aromatic N) is 1. The van der Waals surface area contributed by atoms with Crippen molar-refractivity contribution in [1.82, 2.24) is 4.90 Å². The third-order valence-electron chi connectivity index (χ3n) is 2.95. The summed E-state index contributed by atoms with van der Waals surface area (Å²) in [6.45, 7) is 5.50. The fourth-order valence-corrected chi connectivity index (χ4v) is 3.13. The maximum absolute atomic E-state index is 5.67. The second kappa shape index (κ2) is 7.96. The lowest BCUT2D eigenvalue weighted by Crippen LogP contribution is -2.33. The molecule has 0 saturated heterocycles. The zero-order chi connectivity index (χ0) is 15.3. The van der Waals surface area contributed by atoms with Crippen molar-refractivity contribution in [3.05, 3.63) is 28.2 Å². The van der Waals surface area contributed by atoms with Gasteiger partial charge in [0.05, 0.1) is 0 Å². The molecule has 0 spiro atoms. The Morgan fingerprint density at radius 3 is 2.50 bits per heavy atom. The second-order valence-electron chi connectivity index (χ2n) is 5.79. The molecule has 112 valence electrons. The molecule has 1 rings (SSSR count). The zero-order valence-corrected chi connectivity index (χ0v) is 15.0. The lowest BCUT2D eigenvalue weighted by atomic mass is 10.0. The number of rotatable bonds is 7. The number of nitrogens with two attached hydrogens (primary N) is 1. The second-order valence-corrected chi connectivity index (χ2v) is 7.09. The molecule has 0 radical (unpaired) electrons. The van der Waals surface area contributed by atoms with Crippen molar-refractivity contribution < 1.29 is 0 Å². The Morgan fingerprint density at radius 1 is 1.40 bits per heavy atom. The van der Waals surface area contributed by atoms with E-state index in [1.165, 1.54) is 0 Å². The molecule has 3 N–H and O–H groups in total. The Bertz CT molecular complexity index is 450. The van der Waals surface area contributed by atoms with Crippen molar-refractivity contribution in [3.8, 4) is 0 Å². The molecule has 0 aliphatic carbocycles. The standard InChI is InChI=1S/C15H24BrN3S/c1-10(2)7-12(9-19(3)4)18-11-5-6-13(15(17)20)14(16)8-11/h5-6,8,10,12,18H,7,9H2,1-4H3,(H2,17,20). The van der Waals surface area contributed by atoms with Gasteiger partial charge in [-0.15, -0.1) is 0 Å². The van der Waals surface area contributed by atoms with E-state index >= 15 is 0 Å². The van der Waals surface area contributed by atoms with Crippen LogP contribution in [0.3, 0.4) is 0 Å². The predicted octanol–water partition coefficient (Wildman–Crippen LogP) is 3.47. The Kier molecular flexibility index (Phi) is 6.92. The van der Waals surface area contributed by atoms with E-state index in [-0.39, 0.29) is 0 Å². The molecule has 20 heavy (non-hydrogen) atoms. The molecule has 0 saturated carbocycles. The van der Waals surface area contributed by atoms with E-state index in [0.29, 0.717) is 16.9 Å². The summed E-state index contributed by atoms with van der Waals surface area (Å²) >= 11 is 8.54. The predicted molar refractivity (Wildman–Crippen MR) is 95.4 cm³/mol. The number of likely N-dealkylation sites (N-methyl/N-ethyl adjacent to an activating group) is 1. The van der Waals surface area contributed by atoms with Gasteiger partial charge in [-0.3, -0.25) is 0 Å². The van der Waals surface area contributed by atoms with Crippen LogP contribution < -0.4 is 11.1 Å². The number of anilines is 1. The summed E-state index contributed by atoms with van der Waals surface area (Å²) < 4.78 is 0.933. The molecule has 1 aromatic carbocycles. The van der Waals surface area contributed by atoms with Gasteiger partial charge in [-0.25, -0.2) is 0 Å². The fourth-order valence-electron chi connectivity index (χ4n) is 2.23. The number of hydrogen-bond acceptors (Lipinski definition) is 3. The third-order valence-corrected chi connectivity index (χ3v) is 3.82. The summed E-state index contributed by atoms with van der Waals surface area (Å²) in [6, 6.07) is 6.45. The molecule has 0 bridgehead atoms. The van der Waals surface area contributed by atoms with Crippen molar-refractivity contribution in [2.24, 2.45) is 11.7 Å². The van der Waals surface area contributed by atoms with Crippen molar-refractivity contribution in [3.63, 3.8) is 0 Å². The fraction of sp³-hybridized carbons (Fsp3) is 0.533.